The van der Waals surface area contributed by atoms with Crippen molar-refractivity contribution in [2.75, 3.05) is 0 Å². The summed E-state index contributed by atoms with van der Waals surface area (Å²) in [5, 5.41) is 9.63. The lowest BCUT2D eigenvalue weighted by Gasteiger charge is -2.13. The number of para-hydroxylation sites is 1. The van der Waals surface area contributed by atoms with Gasteiger partial charge in [-0.25, -0.2) is 4.39 Å². The second kappa shape index (κ2) is 8.57. The number of Topliss-reactive ketones (excluding diaryl/α,β-unsaturated/α-hetero) is 1. The maximum Gasteiger partial charge on any atom is 0.165 e. The molecule has 0 spiro atoms. The number of nitrogens with zero attached hydrogens (tertiary/aromatic N) is 1. The number of allylic oxidation sites excluding steroid dienone is 1. The smallest absolute Gasteiger partial charge is 0.165 e. The van der Waals surface area contributed by atoms with Gasteiger partial charge in [-0.2, -0.15) is 5.26 Å². The van der Waals surface area contributed by atoms with E-state index in [-0.39, 0.29) is 39.7 Å². The molecular weight excluding hydrogens is 412 g/mol. The molecule has 3 unspecified atom stereocenters. The molecule has 0 aliphatic heterocycles. The molecule has 150 valence electrons. The van der Waals surface area contributed by atoms with E-state index in [1.54, 1.807) is 30.3 Å². The van der Waals surface area contributed by atoms with Crippen LogP contribution in [0.2, 0.25) is 0 Å². The summed E-state index contributed by atoms with van der Waals surface area (Å²) in [4.78, 5) is 12.8. The highest BCUT2D eigenvalue weighted by atomic mass is 35.5. The largest absolute Gasteiger partial charge is 0.454 e. The van der Waals surface area contributed by atoms with Gasteiger partial charge in [-0.15, -0.1) is 0 Å². The van der Waals surface area contributed by atoms with Crippen molar-refractivity contribution in [3.8, 4) is 17.6 Å². The Morgan fingerprint density at radius 3 is 2.59 bits per heavy atom. The molecule has 0 amide bonds. The molecule has 1 aliphatic carbocycles. The number of ketones is 1. The summed E-state index contributed by atoms with van der Waals surface area (Å²) in [6, 6.07) is 15.2. The molecule has 3 nitrogen and oxygen atoms in total. The Bertz CT molecular complexity index is 978. The van der Waals surface area contributed by atoms with E-state index >= 15 is 0 Å². The van der Waals surface area contributed by atoms with E-state index in [9.17, 15) is 14.4 Å². The van der Waals surface area contributed by atoms with Crippen LogP contribution in [0.5, 0.6) is 11.5 Å². The van der Waals surface area contributed by atoms with E-state index in [0.717, 1.165) is 0 Å². The molecule has 29 heavy (non-hydrogen) atoms. The van der Waals surface area contributed by atoms with Crippen LogP contribution in [-0.4, -0.2) is 5.78 Å². The molecule has 2 aromatic rings. The van der Waals surface area contributed by atoms with Crippen molar-refractivity contribution in [3.63, 3.8) is 0 Å². The van der Waals surface area contributed by atoms with E-state index < -0.39 is 11.7 Å². The fourth-order valence-corrected chi connectivity index (χ4v) is 4.01. The zero-order valence-electron chi connectivity index (χ0n) is 16.0. The highest BCUT2D eigenvalue weighted by molar-refractivity contribution is 6.55. The average molecular weight is 432 g/mol. The third-order valence-electron chi connectivity index (χ3n) is 5.45. The second-order valence-corrected chi connectivity index (χ2v) is 8.75. The molecule has 1 fully saturated rings. The van der Waals surface area contributed by atoms with Gasteiger partial charge in [-0.1, -0.05) is 61.3 Å². The molecule has 1 aliphatic rings. The van der Waals surface area contributed by atoms with Crippen molar-refractivity contribution < 1.29 is 13.9 Å². The normalized spacial score (nSPS) is 20.3. The molecule has 6 heteroatoms. The second-order valence-electron chi connectivity index (χ2n) is 7.74. The van der Waals surface area contributed by atoms with E-state index in [2.05, 4.69) is 6.07 Å². The maximum atomic E-state index is 14.2. The molecule has 3 rings (SSSR count). The van der Waals surface area contributed by atoms with E-state index in [1.807, 2.05) is 19.9 Å². The number of benzene rings is 2. The van der Waals surface area contributed by atoms with Gasteiger partial charge in [0.15, 0.2) is 11.6 Å². The number of hydrogen-bond acceptors (Lipinski definition) is 3. The number of ether oxygens (including phenoxy) is 1. The first-order chi connectivity index (χ1) is 13.7. The number of carbonyl (C=O) groups excluding carboxylic acids is 1. The van der Waals surface area contributed by atoms with Crippen LogP contribution in [-0.2, 0) is 4.79 Å². The van der Waals surface area contributed by atoms with Crippen LogP contribution in [0.25, 0.3) is 0 Å². The zero-order valence-corrected chi connectivity index (χ0v) is 17.5. The Hall–Kier alpha value is -2.35. The minimum absolute atomic E-state index is 0.0166. The molecular formula is C23H20Cl2FNO2. The molecule has 3 atom stereocenters. The Balaban J connectivity index is 1.77. The van der Waals surface area contributed by atoms with Gasteiger partial charge in [0, 0.05) is 12.3 Å². The standard InChI is InChI=1S/C23H20Cl2FNO2/c1-23(2)17(12-21(24)25)22(23)19(28)10-15(13-27)14-8-9-18(26)20(11-14)29-16-6-4-3-5-7-16/h3-9,11-12,15,17,22H,10H2,1-2H3. The molecule has 0 radical (unpaired) electrons. The Morgan fingerprint density at radius 1 is 1.28 bits per heavy atom. The summed E-state index contributed by atoms with van der Waals surface area (Å²) < 4.78 is 19.9. The van der Waals surface area contributed by atoms with Crippen LogP contribution in [0, 0.1) is 34.4 Å². The summed E-state index contributed by atoms with van der Waals surface area (Å²) >= 11 is 11.5. The van der Waals surface area contributed by atoms with Gasteiger partial charge in [-0.05, 0) is 47.2 Å². The fraction of sp³-hybridized carbons (Fsp3) is 0.304. The predicted octanol–water partition coefficient (Wildman–Crippen LogP) is 6.78. The van der Waals surface area contributed by atoms with Gasteiger partial charge >= 0.3 is 0 Å². The van der Waals surface area contributed by atoms with Crippen LogP contribution in [0.3, 0.4) is 0 Å². The van der Waals surface area contributed by atoms with Crippen molar-refractivity contribution in [2.45, 2.75) is 26.2 Å². The van der Waals surface area contributed by atoms with E-state index in [4.69, 9.17) is 27.9 Å². The van der Waals surface area contributed by atoms with Crippen molar-refractivity contribution in [1.29, 1.82) is 5.26 Å². The van der Waals surface area contributed by atoms with Gasteiger partial charge in [-0.3, -0.25) is 4.79 Å². The first kappa shape index (κ1) is 21.4. The predicted molar refractivity (Wildman–Crippen MR) is 111 cm³/mol. The summed E-state index contributed by atoms with van der Waals surface area (Å²) in [6.45, 7) is 3.94. The third-order valence-corrected chi connectivity index (χ3v) is 5.70. The molecule has 0 N–H and O–H groups in total. The Labute approximate surface area is 179 Å². The van der Waals surface area contributed by atoms with Crippen LogP contribution in [0.15, 0.2) is 59.1 Å². The maximum absolute atomic E-state index is 14.2. The Morgan fingerprint density at radius 2 is 1.97 bits per heavy atom. The number of nitriles is 1. The molecule has 2 aromatic carbocycles. The monoisotopic (exact) mass is 431 g/mol. The van der Waals surface area contributed by atoms with Crippen molar-refractivity contribution in [1.82, 2.24) is 0 Å². The molecule has 0 bridgehead atoms. The average Bonchev–Trinajstić information content (AvgIpc) is 3.21. The summed E-state index contributed by atoms with van der Waals surface area (Å²) in [6.07, 6.45) is 1.71. The minimum Gasteiger partial charge on any atom is -0.454 e. The van der Waals surface area contributed by atoms with Gasteiger partial charge in [0.05, 0.1) is 12.0 Å². The van der Waals surface area contributed by atoms with Gasteiger partial charge < -0.3 is 4.74 Å². The number of halogens is 3. The number of hydrogen-bond donors (Lipinski definition) is 0. The highest BCUT2D eigenvalue weighted by Gasteiger charge is 2.60. The lowest BCUT2D eigenvalue weighted by atomic mass is 9.92. The molecule has 1 saturated carbocycles. The number of rotatable bonds is 7. The fourth-order valence-electron chi connectivity index (χ4n) is 3.74. The summed E-state index contributed by atoms with van der Waals surface area (Å²) in [5.74, 6) is -1.06. The summed E-state index contributed by atoms with van der Waals surface area (Å²) in [5.41, 5.74) is 0.283. The topological polar surface area (TPSA) is 50.1 Å². The van der Waals surface area contributed by atoms with Crippen LogP contribution >= 0.6 is 23.2 Å². The molecule has 0 heterocycles. The van der Waals surface area contributed by atoms with Crippen LogP contribution in [0.1, 0.15) is 31.7 Å². The lowest BCUT2D eigenvalue weighted by molar-refractivity contribution is -0.121. The van der Waals surface area contributed by atoms with E-state index in [0.29, 0.717) is 11.3 Å². The third kappa shape index (κ3) is 4.80. The quantitative estimate of drug-likeness (QED) is 0.485. The van der Waals surface area contributed by atoms with Gasteiger partial charge in [0.1, 0.15) is 16.0 Å². The molecule has 0 aromatic heterocycles. The van der Waals surface area contributed by atoms with E-state index in [1.165, 1.54) is 18.2 Å². The zero-order chi connectivity index (χ0) is 21.2. The minimum atomic E-state index is -0.700. The first-order valence-electron chi connectivity index (χ1n) is 9.21. The van der Waals surface area contributed by atoms with Crippen molar-refractivity contribution in [3.05, 3.63) is 70.5 Å². The van der Waals surface area contributed by atoms with Crippen LogP contribution in [0.4, 0.5) is 4.39 Å². The van der Waals surface area contributed by atoms with Crippen LogP contribution < -0.4 is 4.74 Å². The van der Waals surface area contributed by atoms with Gasteiger partial charge in [0.2, 0.25) is 0 Å². The van der Waals surface area contributed by atoms with Gasteiger partial charge in [0.25, 0.3) is 0 Å². The number of carbonyl (C=O) groups is 1. The first-order valence-corrected chi connectivity index (χ1v) is 9.97. The SMILES string of the molecule is CC1(C)C(C=C(Cl)Cl)C1C(=O)CC(C#N)c1ccc(F)c(Oc2ccccc2)c1. The Kier molecular flexibility index (Phi) is 6.31. The molecule has 0 saturated heterocycles. The lowest BCUT2D eigenvalue weighted by Crippen LogP contribution is -2.11. The van der Waals surface area contributed by atoms with Crippen molar-refractivity contribution in [2.24, 2.45) is 17.3 Å². The van der Waals surface area contributed by atoms with Crippen molar-refractivity contribution >= 4 is 29.0 Å². The highest BCUT2D eigenvalue weighted by Crippen LogP contribution is 2.60. The summed E-state index contributed by atoms with van der Waals surface area (Å²) in [7, 11) is 0.